The van der Waals surface area contributed by atoms with Crippen LogP contribution in [-0.2, 0) is 10.0 Å². The molecule has 0 fully saturated rings. The van der Waals surface area contributed by atoms with Crippen LogP contribution in [0.15, 0.2) is 77.7 Å². The number of rotatable bonds is 7. The number of sulfonamides is 1. The van der Waals surface area contributed by atoms with Gasteiger partial charge in [0.05, 0.1) is 10.9 Å². The molecule has 6 heteroatoms. The van der Waals surface area contributed by atoms with Crippen LogP contribution in [0.4, 0.5) is 5.69 Å². The molecule has 0 radical (unpaired) electrons. The van der Waals surface area contributed by atoms with E-state index in [0.717, 1.165) is 17.5 Å². The molecule has 3 aromatic rings. The maximum absolute atomic E-state index is 12.7. The lowest BCUT2D eigenvalue weighted by Crippen LogP contribution is -2.28. The van der Waals surface area contributed by atoms with E-state index in [4.69, 9.17) is 0 Å². The van der Waals surface area contributed by atoms with Gasteiger partial charge in [-0.15, -0.1) is 0 Å². The van der Waals surface area contributed by atoms with Gasteiger partial charge < -0.3 is 5.32 Å². The van der Waals surface area contributed by atoms with Crippen molar-refractivity contribution in [2.75, 3.05) is 4.72 Å². The largest absolute Gasteiger partial charge is 0.345 e. The molecule has 1 atom stereocenters. The summed E-state index contributed by atoms with van der Waals surface area (Å²) in [6.45, 7) is 5.95. The average molecular weight is 423 g/mol. The Labute approximate surface area is 178 Å². The number of hydrogen-bond donors (Lipinski definition) is 2. The van der Waals surface area contributed by atoms with Crippen molar-refractivity contribution in [1.29, 1.82) is 0 Å². The molecule has 0 aromatic heterocycles. The maximum atomic E-state index is 12.7. The number of benzene rings is 3. The lowest BCUT2D eigenvalue weighted by atomic mass is 10.0. The third-order valence-corrected chi connectivity index (χ3v) is 6.32. The molecule has 0 saturated carbocycles. The van der Waals surface area contributed by atoms with Crippen LogP contribution in [-0.4, -0.2) is 14.3 Å². The maximum Gasteiger partial charge on any atom is 0.261 e. The zero-order chi connectivity index (χ0) is 21.7. The van der Waals surface area contributed by atoms with Crippen molar-refractivity contribution < 1.29 is 13.2 Å². The van der Waals surface area contributed by atoms with Gasteiger partial charge in [0.2, 0.25) is 0 Å². The van der Waals surface area contributed by atoms with Crippen molar-refractivity contribution in [3.8, 4) is 0 Å². The molecular weight excluding hydrogens is 396 g/mol. The molecule has 30 heavy (non-hydrogen) atoms. The van der Waals surface area contributed by atoms with E-state index in [2.05, 4.69) is 10.0 Å². The van der Waals surface area contributed by atoms with Crippen molar-refractivity contribution >= 4 is 21.6 Å². The summed E-state index contributed by atoms with van der Waals surface area (Å²) in [5.41, 5.74) is 4.08. The average Bonchev–Trinajstić information content (AvgIpc) is 2.73. The number of amides is 1. The zero-order valence-corrected chi connectivity index (χ0v) is 18.2. The monoisotopic (exact) mass is 422 g/mol. The summed E-state index contributed by atoms with van der Waals surface area (Å²) in [6, 6.07) is 21.1. The van der Waals surface area contributed by atoms with Gasteiger partial charge in [-0.25, -0.2) is 8.42 Å². The third kappa shape index (κ3) is 5.27. The van der Waals surface area contributed by atoms with Crippen molar-refractivity contribution in [3.05, 3.63) is 95.1 Å². The normalized spacial score (nSPS) is 12.2. The molecule has 0 aliphatic heterocycles. The van der Waals surface area contributed by atoms with Gasteiger partial charge in [0.1, 0.15) is 0 Å². The molecule has 0 saturated heterocycles. The van der Waals surface area contributed by atoms with E-state index < -0.39 is 10.0 Å². The first-order chi connectivity index (χ1) is 14.3. The summed E-state index contributed by atoms with van der Waals surface area (Å²) < 4.78 is 27.6. The smallest absolute Gasteiger partial charge is 0.261 e. The Morgan fingerprint density at radius 2 is 1.37 bits per heavy atom. The number of aryl methyl sites for hydroxylation is 2. The van der Waals surface area contributed by atoms with E-state index in [1.54, 1.807) is 48.5 Å². The summed E-state index contributed by atoms with van der Waals surface area (Å²) in [5, 5.41) is 3.04. The summed E-state index contributed by atoms with van der Waals surface area (Å²) >= 11 is 0. The van der Waals surface area contributed by atoms with Gasteiger partial charge in [-0.2, -0.15) is 0 Å². The van der Waals surface area contributed by atoms with Gasteiger partial charge in [-0.3, -0.25) is 9.52 Å². The molecule has 1 amide bonds. The second-order valence-electron chi connectivity index (χ2n) is 7.34. The number of nitrogens with one attached hydrogen (secondary N) is 2. The fraction of sp³-hybridized carbons (Fsp3) is 0.208. The van der Waals surface area contributed by atoms with E-state index in [1.165, 1.54) is 5.56 Å². The minimum atomic E-state index is -3.68. The summed E-state index contributed by atoms with van der Waals surface area (Å²) in [5.74, 6) is -0.199. The van der Waals surface area contributed by atoms with Crippen molar-refractivity contribution in [3.63, 3.8) is 0 Å². The van der Waals surface area contributed by atoms with Crippen LogP contribution in [0, 0.1) is 13.8 Å². The first-order valence-electron chi connectivity index (χ1n) is 9.85. The van der Waals surface area contributed by atoms with Crippen molar-refractivity contribution in [2.24, 2.45) is 0 Å². The molecule has 0 spiro atoms. The molecule has 0 bridgehead atoms. The Morgan fingerprint density at radius 1 is 0.833 bits per heavy atom. The highest BCUT2D eigenvalue weighted by Crippen LogP contribution is 2.20. The molecule has 0 aliphatic carbocycles. The predicted molar refractivity (Wildman–Crippen MR) is 120 cm³/mol. The minimum absolute atomic E-state index is 0.0854. The molecule has 3 aromatic carbocycles. The summed E-state index contributed by atoms with van der Waals surface area (Å²) in [7, 11) is -3.68. The molecular formula is C24H26N2O3S. The van der Waals surface area contributed by atoms with Crippen LogP contribution in [0.5, 0.6) is 0 Å². The topological polar surface area (TPSA) is 75.3 Å². The lowest BCUT2D eigenvalue weighted by molar-refractivity contribution is 0.0935. The Bertz CT molecular complexity index is 1100. The van der Waals surface area contributed by atoms with Gasteiger partial charge >= 0.3 is 0 Å². The van der Waals surface area contributed by atoms with Crippen LogP contribution in [0.25, 0.3) is 0 Å². The Morgan fingerprint density at radius 3 is 1.90 bits per heavy atom. The second-order valence-corrected chi connectivity index (χ2v) is 9.02. The van der Waals surface area contributed by atoms with Crippen LogP contribution in [0.2, 0.25) is 0 Å². The van der Waals surface area contributed by atoms with Gasteiger partial charge in [-0.05, 0) is 62.2 Å². The van der Waals surface area contributed by atoms with Gasteiger partial charge in [0.15, 0.2) is 0 Å². The number of hydrogen-bond acceptors (Lipinski definition) is 3. The van der Waals surface area contributed by atoms with Crippen LogP contribution in [0.1, 0.15) is 46.4 Å². The highest BCUT2D eigenvalue weighted by Gasteiger charge is 2.16. The SMILES string of the molecule is CCC(NC(=O)c1ccc(NS(=O)(=O)c2ccc(C)cc2)cc1)c1ccc(C)cc1. The van der Waals surface area contributed by atoms with Crippen molar-refractivity contribution in [2.45, 2.75) is 38.1 Å². The van der Waals surface area contributed by atoms with Crippen molar-refractivity contribution in [1.82, 2.24) is 5.32 Å². The molecule has 2 N–H and O–H groups in total. The van der Waals surface area contributed by atoms with Gasteiger partial charge in [0.25, 0.3) is 15.9 Å². The number of anilines is 1. The highest BCUT2D eigenvalue weighted by atomic mass is 32.2. The molecule has 0 heterocycles. The number of carbonyl (C=O) groups excluding carboxylic acids is 1. The molecule has 5 nitrogen and oxygen atoms in total. The van der Waals surface area contributed by atoms with E-state index >= 15 is 0 Å². The highest BCUT2D eigenvalue weighted by molar-refractivity contribution is 7.92. The molecule has 1 unspecified atom stereocenters. The Kier molecular flexibility index (Phi) is 6.57. The first-order valence-corrected chi connectivity index (χ1v) is 11.3. The van der Waals surface area contributed by atoms with Gasteiger partial charge in [0, 0.05) is 11.3 Å². The van der Waals surface area contributed by atoms with E-state index in [0.29, 0.717) is 11.3 Å². The number of carbonyl (C=O) groups is 1. The Balaban J connectivity index is 1.69. The van der Waals surface area contributed by atoms with Crippen LogP contribution >= 0.6 is 0 Å². The van der Waals surface area contributed by atoms with Crippen LogP contribution < -0.4 is 10.0 Å². The minimum Gasteiger partial charge on any atom is -0.345 e. The fourth-order valence-electron chi connectivity index (χ4n) is 3.08. The zero-order valence-electron chi connectivity index (χ0n) is 17.3. The first kappa shape index (κ1) is 21.6. The lowest BCUT2D eigenvalue weighted by Gasteiger charge is -2.18. The third-order valence-electron chi connectivity index (χ3n) is 4.92. The second kappa shape index (κ2) is 9.13. The fourth-order valence-corrected chi connectivity index (χ4v) is 4.14. The summed E-state index contributed by atoms with van der Waals surface area (Å²) in [4.78, 5) is 12.8. The van der Waals surface area contributed by atoms with E-state index in [-0.39, 0.29) is 16.8 Å². The molecule has 156 valence electrons. The van der Waals surface area contributed by atoms with E-state index in [1.807, 2.05) is 45.0 Å². The standard InChI is InChI=1S/C24H26N2O3S/c1-4-23(19-9-5-17(2)6-10-19)25-24(27)20-11-13-21(14-12-20)26-30(28,29)22-15-7-18(3)8-16-22/h5-16,23,26H,4H2,1-3H3,(H,25,27). The molecule has 3 rings (SSSR count). The van der Waals surface area contributed by atoms with E-state index in [9.17, 15) is 13.2 Å². The van der Waals surface area contributed by atoms with Gasteiger partial charge in [-0.1, -0.05) is 54.4 Å². The summed E-state index contributed by atoms with van der Waals surface area (Å²) in [6.07, 6.45) is 0.767. The van der Waals surface area contributed by atoms with Crippen LogP contribution in [0.3, 0.4) is 0 Å². The quantitative estimate of drug-likeness (QED) is 0.563. The Hall–Kier alpha value is -3.12. The molecule has 0 aliphatic rings. The predicted octanol–water partition coefficient (Wildman–Crippen LogP) is 4.99.